The van der Waals surface area contributed by atoms with E-state index in [0.29, 0.717) is 0 Å². The maximum absolute atomic E-state index is 5.40. The molecule has 1 saturated heterocycles. The van der Waals surface area contributed by atoms with E-state index in [4.69, 9.17) is 4.74 Å². The summed E-state index contributed by atoms with van der Waals surface area (Å²) in [6, 6.07) is 17.9. The van der Waals surface area contributed by atoms with Crippen LogP contribution in [0.2, 0.25) is 0 Å². The normalized spacial score (nSPS) is 15.5. The molecular weight excluding hydrogens is 296 g/mol. The summed E-state index contributed by atoms with van der Waals surface area (Å²) >= 11 is 0. The van der Waals surface area contributed by atoms with Crippen molar-refractivity contribution in [1.82, 2.24) is 10.2 Å². The van der Waals surface area contributed by atoms with Crippen LogP contribution in [0.1, 0.15) is 29.2 Å². The van der Waals surface area contributed by atoms with Gasteiger partial charge in [-0.2, -0.15) is 0 Å². The largest absolute Gasteiger partial charge is 0.379 e. The van der Waals surface area contributed by atoms with Gasteiger partial charge in [-0.1, -0.05) is 55.5 Å². The summed E-state index contributed by atoms with van der Waals surface area (Å²) in [5.41, 5.74) is 5.47. The smallest absolute Gasteiger partial charge is 0.0594 e. The van der Waals surface area contributed by atoms with E-state index in [1.807, 2.05) is 0 Å². The van der Waals surface area contributed by atoms with Gasteiger partial charge in [0.05, 0.1) is 13.2 Å². The molecule has 1 N–H and O–H groups in total. The molecule has 1 fully saturated rings. The molecule has 0 atom stereocenters. The average Bonchev–Trinajstić information content (AvgIpc) is 2.65. The highest BCUT2D eigenvalue weighted by molar-refractivity contribution is 5.24. The molecule has 2 aromatic carbocycles. The molecule has 0 aromatic heterocycles. The molecule has 2 aromatic rings. The van der Waals surface area contributed by atoms with Crippen LogP contribution in [0.15, 0.2) is 48.5 Å². The van der Waals surface area contributed by atoms with Crippen molar-refractivity contribution in [2.45, 2.75) is 33.0 Å². The van der Waals surface area contributed by atoms with E-state index in [2.05, 4.69) is 65.7 Å². The van der Waals surface area contributed by atoms with Gasteiger partial charge in [0.2, 0.25) is 0 Å². The highest BCUT2D eigenvalue weighted by Gasteiger charge is 2.10. The molecule has 3 nitrogen and oxygen atoms in total. The Balaban J connectivity index is 1.43. The fraction of sp³-hybridized carbons (Fsp3) is 0.429. The maximum atomic E-state index is 5.40. The van der Waals surface area contributed by atoms with Crippen molar-refractivity contribution in [3.8, 4) is 0 Å². The van der Waals surface area contributed by atoms with Gasteiger partial charge >= 0.3 is 0 Å². The predicted molar refractivity (Wildman–Crippen MR) is 98.9 cm³/mol. The van der Waals surface area contributed by atoms with Gasteiger partial charge in [-0.3, -0.25) is 4.90 Å². The molecule has 1 heterocycles. The second-order valence-electron chi connectivity index (χ2n) is 6.48. The van der Waals surface area contributed by atoms with Gasteiger partial charge in [-0.15, -0.1) is 0 Å². The molecule has 0 spiro atoms. The molecule has 0 saturated carbocycles. The summed E-state index contributed by atoms with van der Waals surface area (Å²) in [4.78, 5) is 2.46. The molecule has 1 aliphatic heterocycles. The Morgan fingerprint density at radius 3 is 1.83 bits per heavy atom. The second kappa shape index (κ2) is 8.97. The first kappa shape index (κ1) is 17.2. The van der Waals surface area contributed by atoms with E-state index < -0.39 is 0 Å². The summed E-state index contributed by atoms with van der Waals surface area (Å²) < 4.78 is 5.40. The maximum Gasteiger partial charge on any atom is 0.0594 e. The van der Waals surface area contributed by atoms with Gasteiger partial charge in [0.1, 0.15) is 0 Å². The van der Waals surface area contributed by atoms with Crippen LogP contribution in [0, 0.1) is 0 Å². The van der Waals surface area contributed by atoms with Crippen LogP contribution in [0.5, 0.6) is 0 Å². The van der Waals surface area contributed by atoms with Crippen molar-refractivity contribution in [1.29, 1.82) is 0 Å². The highest BCUT2D eigenvalue weighted by Crippen LogP contribution is 2.10. The number of nitrogens with one attached hydrogen (secondary N) is 1. The van der Waals surface area contributed by atoms with Crippen molar-refractivity contribution in [2.75, 3.05) is 26.3 Å². The van der Waals surface area contributed by atoms with E-state index in [-0.39, 0.29) is 0 Å². The zero-order valence-corrected chi connectivity index (χ0v) is 14.6. The minimum absolute atomic E-state index is 0.862. The highest BCUT2D eigenvalue weighted by atomic mass is 16.5. The second-order valence-corrected chi connectivity index (χ2v) is 6.48. The molecule has 0 bridgehead atoms. The van der Waals surface area contributed by atoms with E-state index >= 15 is 0 Å². The number of ether oxygens (including phenoxy) is 1. The fourth-order valence-corrected chi connectivity index (χ4v) is 3.02. The zero-order chi connectivity index (χ0) is 16.6. The van der Waals surface area contributed by atoms with Crippen molar-refractivity contribution in [2.24, 2.45) is 0 Å². The SMILES string of the molecule is CCc1ccc(CNCc2ccc(CN3CCOCC3)cc2)cc1. The Morgan fingerprint density at radius 2 is 1.29 bits per heavy atom. The molecule has 3 rings (SSSR count). The molecule has 3 heteroatoms. The predicted octanol–water partition coefficient (Wildman–Crippen LogP) is 3.37. The molecule has 0 radical (unpaired) electrons. The van der Waals surface area contributed by atoms with E-state index in [1.165, 1.54) is 22.3 Å². The summed E-state index contributed by atoms with van der Waals surface area (Å²) in [5, 5.41) is 3.53. The summed E-state index contributed by atoms with van der Waals surface area (Å²) in [6.45, 7) is 8.85. The monoisotopic (exact) mass is 324 g/mol. The Hall–Kier alpha value is -1.68. The van der Waals surface area contributed by atoms with Crippen LogP contribution in [0.4, 0.5) is 0 Å². The number of rotatable bonds is 7. The van der Waals surface area contributed by atoms with Crippen LogP contribution in [0.3, 0.4) is 0 Å². The number of aryl methyl sites for hydroxylation is 1. The standard InChI is InChI=1S/C21H28N2O/c1-2-18-3-5-19(6-4-18)15-22-16-20-7-9-21(10-8-20)17-23-11-13-24-14-12-23/h3-10,22H,2,11-17H2,1H3. The third kappa shape index (κ3) is 5.17. The molecule has 0 amide bonds. The third-order valence-corrected chi connectivity index (χ3v) is 4.62. The number of benzene rings is 2. The lowest BCUT2D eigenvalue weighted by Crippen LogP contribution is -2.35. The van der Waals surface area contributed by atoms with Gasteiger partial charge in [-0.05, 0) is 28.7 Å². The summed E-state index contributed by atoms with van der Waals surface area (Å²) in [5.74, 6) is 0. The number of hydrogen-bond donors (Lipinski definition) is 1. The van der Waals surface area contributed by atoms with E-state index in [0.717, 1.165) is 52.4 Å². The van der Waals surface area contributed by atoms with Crippen molar-refractivity contribution >= 4 is 0 Å². The Labute approximate surface area is 145 Å². The molecular formula is C21H28N2O. The van der Waals surface area contributed by atoms with Crippen molar-refractivity contribution in [3.63, 3.8) is 0 Å². The summed E-state index contributed by atoms with van der Waals surface area (Å²) in [6.07, 6.45) is 1.10. The summed E-state index contributed by atoms with van der Waals surface area (Å²) in [7, 11) is 0. The number of hydrogen-bond acceptors (Lipinski definition) is 3. The van der Waals surface area contributed by atoms with Crippen molar-refractivity contribution in [3.05, 3.63) is 70.8 Å². The Bertz CT molecular complexity index is 601. The molecule has 0 unspecified atom stereocenters. The minimum atomic E-state index is 0.862. The van der Waals surface area contributed by atoms with Gasteiger partial charge in [0.15, 0.2) is 0 Å². The minimum Gasteiger partial charge on any atom is -0.379 e. The Kier molecular flexibility index (Phi) is 6.41. The Morgan fingerprint density at radius 1 is 0.792 bits per heavy atom. The number of morpholine rings is 1. The van der Waals surface area contributed by atoms with E-state index in [9.17, 15) is 0 Å². The first-order chi connectivity index (χ1) is 11.8. The van der Waals surface area contributed by atoms with Crippen molar-refractivity contribution < 1.29 is 4.74 Å². The van der Waals surface area contributed by atoms with Gasteiger partial charge in [0.25, 0.3) is 0 Å². The molecule has 1 aliphatic rings. The average molecular weight is 324 g/mol. The van der Waals surface area contributed by atoms with Gasteiger partial charge in [-0.25, -0.2) is 0 Å². The first-order valence-electron chi connectivity index (χ1n) is 9.00. The van der Waals surface area contributed by atoms with Gasteiger partial charge in [0, 0.05) is 32.7 Å². The first-order valence-corrected chi connectivity index (χ1v) is 9.00. The molecule has 128 valence electrons. The van der Waals surface area contributed by atoms with Crippen LogP contribution < -0.4 is 5.32 Å². The zero-order valence-electron chi connectivity index (χ0n) is 14.6. The quantitative estimate of drug-likeness (QED) is 0.845. The number of nitrogens with zero attached hydrogens (tertiary/aromatic N) is 1. The molecule has 24 heavy (non-hydrogen) atoms. The van der Waals surface area contributed by atoms with Gasteiger partial charge < -0.3 is 10.1 Å². The molecule has 0 aliphatic carbocycles. The lowest BCUT2D eigenvalue weighted by molar-refractivity contribution is 0.0342. The third-order valence-electron chi connectivity index (χ3n) is 4.62. The van der Waals surface area contributed by atoms with Crippen LogP contribution in [0.25, 0.3) is 0 Å². The lowest BCUT2D eigenvalue weighted by Gasteiger charge is -2.26. The van der Waals surface area contributed by atoms with Crippen LogP contribution in [-0.4, -0.2) is 31.2 Å². The van der Waals surface area contributed by atoms with E-state index in [1.54, 1.807) is 0 Å². The topological polar surface area (TPSA) is 24.5 Å². The van der Waals surface area contributed by atoms with Crippen LogP contribution in [-0.2, 0) is 30.8 Å². The fourth-order valence-electron chi connectivity index (χ4n) is 3.02. The van der Waals surface area contributed by atoms with Crippen LogP contribution >= 0.6 is 0 Å². The lowest BCUT2D eigenvalue weighted by atomic mass is 10.1.